The number of hydrogen-bond acceptors (Lipinski definition) is 2. The van der Waals surface area contributed by atoms with Crippen molar-refractivity contribution in [1.29, 1.82) is 0 Å². The van der Waals surface area contributed by atoms with E-state index < -0.39 is 0 Å². The first-order valence-electron chi connectivity index (χ1n) is 7.23. The maximum atomic E-state index is 11.7. The lowest BCUT2D eigenvalue weighted by Gasteiger charge is -2.13. The third-order valence-electron chi connectivity index (χ3n) is 3.39. The van der Waals surface area contributed by atoms with Crippen molar-refractivity contribution in [2.75, 3.05) is 0 Å². The van der Waals surface area contributed by atoms with E-state index in [0.29, 0.717) is 11.1 Å². The van der Waals surface area contributed by atoms with Gasteiger partial charge >= 0.3 is 0 Å². The molecule has 1 aromatic carbocycles. The van der Waals surface area contributed by atoms with Gasteiger partial charge in [0, 0.05) is 11.1 Å². The lowest BCUT2D eigenvalue weighted by Crippen LogP contribution is -2.02. The van der Waals surface area contributed by atoms with Gasteiger partial charge in [-0.25, -0.2) is 0 Å². The summed E-state index contributed by atoms with van der Waals surface area (Å²) in [6.45, 7) is 10.8. The second kappa shape index (κ2) is 8.08. The van der Waals surface area contributed by atoms with E-state index in [1.165, 1.54) is 6.92 Å². The molecular formula is C20H22O2. The first-order chi connectivity index (χ1) is 10.4. The number of hydrogen-bond donors (Lipinski definition) is 0. The van der Waals surface area contributed by atoms with Crippen LogP contribution >= 0.6 is 0 Å². The highest BCUT2D eigenvalue weighted by atomic mass is 16.1. The smallest absolute Gasteiger partial charge is 0.159 e. The summed E-state index contributed by atoms with van der Waals surface area (Å²) in [5.41, 5.74) is 3.81. The van der Waals surface area contributed by atoms with E-state index in [4.69, 9.17) is 0 Å². The van der Waals surface area contributed by atoms with Gasteiger partial charge < -0.3 is 0 Å². The van der Waals surface area contributed by atoms with Gasteiger partial charge in [-0.2, -0.15) is 0 Å². The van der Waals surface area contributed by atoms with Crippen LogP contribution < -0.4 is 0 Å². The Balaban J connectivity index is 3.34. The first kappa shape index (κ1) is 17.6. The molecule has 0 radical (unpaired) electrons. The van der Waals surface area contributed by atoms with Gasteiger partial charge in [-0.05, 0) is 44.4 Å². The van der Waals surface area contributed by atoms with E-state index >= 15 is 0 Å². The van der Waals surface area contributed by atoms with Crippen LogP contribution in [0.5, 0.6) is 0 Å². The quantitative estimate of drug-likeness (QED) is 0.423. The number of carbonyl (C=O) groups is 2. The van der Waals surface area contributed by atoms with Gasteiger partial charge in [-0.1, -0.05) is 55.1 Å². The first-order valence-corrected chi connectivity index (χ1v) is 7.23. The summed E-state index contributed by atoms with van der Waals surface area (Å²) in [6, 6.07) is 7.38. The summed E-state index contributed by atoms with van der Waals surface area (Å²) >= 11 is 0. The van der Waals surface area contributed by atoms with E-state index in [9.17, 15) is 9.59 Å². The minimum absolute atomic E-state index is 0.0337. The summed E-state index contributed by atoms with van der Waals surface area (Å²) in [6.07, 6.45) is 7.63. The summed E-state index contributed by atoms with van der Waals surface area (Å²) in [4.78, 5) is 23.1. The molecule has 1 aromatic rings. The predicted octanol–water partition coefficient (Wildman–Crippen LogP) is 4.94. The van der Waals surface area contributed by atoms with E-state index in [0.717, 1.165) is 16.7 Å². The summed E-state index contributed by atoms with van der Waals surface area (Å²) in [7, 11) is 0. The second-order valence-corrected chi connectivity index (χ2v) is 4.98. The lowest BCUT2D eigenvalue weighted by atomic mass is 9.90. The third-order valence-corrected chi connectivity index (χ3v) is 3.39. The lowest BCUT2D eigenvalue weighted by molar-refractivity contribution is -0.113. The van der Waals surface area contributed by atoms with E-state index in [1.807, 2.05) is 50.3 Å². The van der Waals surface area contributed by atoms with Crippen molar-refractivity contribution in [2.24, 2.45) is 0 Å². The fourth-order valence-corrected chi connectivity index (χ4v) is 2.10. The minimum Gasteiger partial charge on any atom is -0.295 e. The van der Waals surface area contributed by atoms with Crippen LogP contribution in [-0.4, -0.2) is 11.6 Å². The molecule has 0 N–H and O–H groups in total. The van der Waals surface area contributed by atoms with E-state index in [-0.39, 0.29) is 11.6 Å². The van der Waals surface area contributed by atoms with Crippen molar-refractivity contribution < 1.29 is 9.59 Å². The zero-order valence-electron chi connectivity index (χ0n) is 13.6. The van der Waals surface area contributed by atoms with Gasteiger partial charge in [0.15, 0.2) is 11.6 Å². The zero-order chi connectivity index (χ0) is 16.7. The maximum Gasteiger partial charge on any atom is 0.159 e. The molecule has 2 heteroatoms. The Hall–Kier alpha value is -2.48. The molecule has 0 fully saturated rings. The Bertz CT molecular complexity index is 668. The van der Waals surface area contributed by atoms with Crippen LogP contribution in [0.15, 0.2) is 66.3 Å². The fourth-order valence-electron chi connectivity index (χ4n) is 2.10. The van der Waals surface area contributed by atoms with E-state index in [2.05, 4.69) is 6.58 Å². The highest BCUT2D eigenvalue weighted by Gasteiger charge is 2.13. The third kappa shape index (κ3) is 4.26. The van der Waals surface area contributed by atoms with Gasteiger partial charge in [0.1, 0.15) is 0 Å². The van der Waals surface area contributed by atoms with Crippen LogP contribution in [0.3, 0.4) is 0 Å². The van der Waals surface area contributed by atoms with Crippen molar-refractivity contribution in [3.63, 3.8) is 0 Å². The Labute approximate surface area is 132 Å². The standard InChI is InChI=1S/C20H22O2/c1-6-8-9-20(14(3)15(4)21)19(7-2)18-12-10-17(11-13-18)16(5)22/h6-13H,3H2,1-2,4-5H3/b8-6-,19-7-,20-9+. The molecule has 114 valence electrons. The monoisotopic (exact) mass is 294 g/mol. The molecule has 22 heavy (non-hydrogen) atoms. The molecule has 1 rings (SSSR count). The fraction of sp³-hybridized carbons (Fsp3) is 0.200. The SMILES string of the molecule is C=C(C(C)=O)C(=C\C=C/C)/C(=C\C)c1ccc(C(C)=O)cc1. The molecule has 0 bridgehead atoms. The molecule has 0 aliphatic carbocycles. The van der Waals surface area contributed by atoms with Gasteiger partial charge in [-0.15, -0.1) is 0 Å². The van der Waals surface area contributed by atoms with Gasteiger partial charge in [0.05, 0.1) is 0 Å². The summed E-state index contributed by atoms with van der Waals surface area (Å²) < 4.78 is 0. The minimum atomic E-state index is -0.0598. The van der Waals surface area contributed by atoms with Crippen molar-refractivity contribution in [1.82, 2.24) is 0 Å². The van der Waals surface area contributed by atoms with Crippen molar-refractivity contribution in [3.8, 4) is 0 Å². The number of benzene rings is 1. The molecule has 0 heterocycles. The molecule has 0 atom stereocenters. The largest absolute Gasteiger partial charge is 0.295 e. The summed E-state index contributed by atoms with van der Waals surface area (Å²) in [5.74, 6) is -0.0261. The number of allylic oxidation sites excluding steroid dienone is 7. The Kier molecular flexibility index (Phi) is 6.46. The number of Topliss-reactive ketones (excluding diaryl/α,β-unsaturated/α-hetero) is 2. The average Bonchev–Trinajstić information content (AvgIpc) is 2.50. The predicted molar refractivity (Wildman–Crippen MR) is 92.8 cm³/mol. The maximum absolute atomic E-state index is 11.7. The highest BCUT2D eigenvalue weighted by Crippen LogP contribution is 2.29. The Morgan fingerprint density at radius 2 is 1.55 bits per heavy atom. The van der Waals surface area contributed by atoms with Gasteiger partial charge in [0.2, 0.25) is 0 Å². The van der Waals surface area contributed by atoms with Gasteiger partial charge in [0.25, 0.3) is 0 Å². The average molecular weight is 294 g/mol. The normalized spacial score (nSPS) is 12.5. The molecule has 0 aliphatic heterocycles. The van der Waals surface area contributed by atoms with Crippen LogP contribution in [-0.2, 0) is 4.79 Å². The molecule has 0 saturated heterocycles. The van der Waals surface area contributed by atoms with Crippen molar-refractivity contribution in [3.05, 3.63) is 77.4 Å². The molecular weight excluding hydrogens is 272 g/mol. The summed E-state index contributed by atoms with van der Waals surface area (Å²) in [5, 5.41) is 0. The molecule has 0 spiro atoms. The van der Waals surface area contributed by atoms with Crippen molar-refractivity contribution in [2.45, 2.75) is 27.7 Å². The van der Waals surface area contributed by atoms with Crippen molar-refractivity contribution >= 4 is 17.1 Å². The molecule has 2 nitrogen and oxygen atoms in total. The van der Waals surface area contributed by atoms with Crippen LogP contribution in [0, 0.1) is 0 Å². The van der Waals surface area contributed by atoms with Crippen LogP contribution in [0.25, 0.3) is 5.57 Å². The molecule has 0 saturated carbocycles. The molecule has 0 amide bonds. The topological polar surface area (TPSA) is 34.1 Å². The Morgan fingerprint density at radius 3 is 1.95 bits per heavy atom. The van der Waals surface area contributed by atoms with Crippen LogP contribution in [0.4, 0.5) is 0 Å². The highest BCUT2D eigenvalue weighted by molar-refractivity contribution is 6.04. The van der Waals surface area contributed by atoms with Gasteiger partial charge in [-0.3, -0.25) is 9.59 Å². The molecule has 0 aliphatic rings. The number of ketones is 2. The second-order valence-electron chi connectivity index (χ2n) is 4.98. The molecule has 0 unspecified atom stereocenters. The number of rotatable bonds is 6. The van der Waals surface area contributed by atoms with Crippen LogP contribution in [0.2, 0.25) is 0 Å². The zero-order valence-corrected chi connectivity index (χ0v) is 13.6. The van der Waals surface area contributed by atoms with E-state index in [1.54, 1.807) is 19.1 Å². The molecule has 0 aromatic heterocycles. The Morgan fingerprint density at radius 1 is 1.00 bits per heavy atom. The van der Waals surface area contributed by atoms with Crippen LogP contribution in [0.1, 0.15) is 43.6 Å². The number of carbonyl (C=O) groups excluding carboxylic acids is 2.